The second-order valence-electron chi connectivity index (χ2n) is 7.17. The molecule has 6 nitrogen and oxygen atoms in total. The Kier molecular flexibility index (Phi) is 5.58. The van der Waals surface area contributed by atoms with E-state index in [1.165, 1.54) is 28.5 Å². The van der Waals surface area contributed by atoms with Crippen molar-refractivity contribution in [1.29, 1.82) is 0 Å². The zero-order valence-electron chi connectivity index (χ0n) is 16.9. The fraction of sp³-hybridized carbons (Fsp3) is 0.318. The normalized spacial score (nSPS) is 13.3. The van der Waals surface area contributed by atoms with Crippen LogP contribution in [0.1, 0.15) is 23.1 Å². The quantitative estimate of drug-likeness (QED) is 0.598. The van der Waals surface area contributed by atoms with Crippen molar-refractivity contribution in [1.82, 2.24) is 14.8 Å². The van der Waals surface area contributed by atoms with Crippen LogP contribution >= 0.6 is 11.8 Å². The minimum Gasteiger partial charge on any atom is -0.495 e. The Labute approximate surface area is 174 Å². The minimum absolute atomic E-state index is 0.0540. The second kappa shape index (κ2) is 8.29. The van der Waals surface area contributed by atoms with Crippen molar-refractivity contribution in [3.05, 3.63) is 59.4 Å². The van der Waals surface area contributed by atoms with Crippen molar-refractivity contribution in [3.8, 4) is 11.4 Å². The average Bonchev–Trinajstić information content (AvgIpc) is 3.21. The summed E-state index contributed by atoms with van der Waals surface area (Å²) in [6.45, 7) is 4.85. The van der Waals surface area contributed by atoms with Gasteiger partial charge in [0, 0.05) is 12.2 Å². The molecule has 1 aromatic heterocycles. The van der Waals surface area contributed by atoms with Gasteiger partial charge in [-0.3, -0.25) is 9.36 Å². The number of thioether (sulfide) groups is 1. The van der Waals surface area contributed by atoms with E-state index in [9.17, 15) is 4.79 Å². The topological polar surface area (TPSA) is 60.2 Å². The molecule has 0 saturated carbocycles. The summed E-state index contributed by atoms with van der Waals surface area (Å²) < 4.78 is 7.47. The van der Waals surface area contributed by atoms with E-state index in [0.29, 0.717) is 17.5 Å². The fourth-order valence-corrected chi connectivity index (χ4v) is 4.48. The SMILES string of the molecule is COc1ccc(C)c2c1N(C(=O)CSc1nncn1-c1ccc(C)cc1)CCC2. The van der Waals surface area contributed by atoms with Gasteiger partial charge < -0.3 is 9.64 Å². The van der Waals surface area contributed by atoms with Gasteiger partial charge in [-0.1, -0.05) is 35.5 Å². The number of ether oxygens (including phenoxy) is 1. The molecule has 2 aromatic carbocycles. The van der Waals surface area contributed by atoms with Crippen molar-refractivity contribution in [3.63, 3.8) is 0 Å². The number of rotatable bonds is 5. The maximum atomic E-state index is 13.1. The van der Waals surface area contributed by atoms with E-state index in [1.54, 1.807) is 13.4 Å². The Morgan fingerprint density at radius 2 is 1.97 bits per heavy atom. The van der Waals surface area contributed by atoms with Gasteiger partial charge in [0.2, 0.25) is 5.91 Å². The number of nitrogens with zero attached hydrogens (tertiary/aromatic N) is 4. The van der Waals surface area contributed by atoms with Gasteiger partial charge in [0.15, 0.2) is 5.16 Å². The first kappa shape index (κ1) is 19.5. The zero-order valence-corrected chi connectivity index (χ0v) is 17.7. The van der Waals surface area contributed by atoms with Crippen LogP contribution in [0.4, 0.5) is 5.69 Å². The maximum Gasteiger partial charge on any atom is 0.237 e. The number of carbonyl (C=O) groups is 1. The van der Waals surface area contributed by atoms with E-state index in [4.69, 9.17) is 4.74 Å². The van der Waals surface area contributed by atoms with Crippen molar-refractivity contribution < 1.29 is 9.53 Å². The predicted octanol–water partition coefficient (Wildman–Crippen LogP) is 3.96. The van der Waals surface area contributed by atoms with Crippen LogP contribution in [0.15, 0.2) is 47.9 Å². The smallest absolute Gasteiger partial charge is 0.237 e. The molecule has 3 aromatic rings. The summed E-state index contributed by atoms with van der Waals surface area (Å²) in [5.41, 5.74) is 5.50. The van der Waals surface area contributed by atoms with Crippen LogP contribution in [0.2, 0.25) is 0 Å². The molecule has 0 radical (unpaired) electrons. The standard InChI is InChI=1S/C22H24N4O2S/c1-15-6-9-17(10-7-15)26-14-23-24-22(26)29-13-20(27)25-12-4-5-18-16(2)8-11-19(28-3)21(18)25/h6-11,14H,4-5,12-13H2,1-3H3. The summed E-state index contributed by atoms with van der Waals surface area (Å²) in [5.74, 6) is 1.10. The van der Waals surface area contributed by atoms with E-state index < -0.39 is 0 Å². The Morgan fingerprint density at radius 1 is 1.17 bits per heavy atom. The van der Waals surface area contributed by atoms with E-state index >= 15 is 0 Å². The monoisotopic (exact) mass is 408 g/mol. The molecular formula is C22H24N4O2S. The molecule has 0 saturated heterocycles. The average molecular weight is 409 g/mol. The van der Waals surface area contributed by atoms with E-state index in [-0.39, 0.29) is 5.91 Å². The molecule has 29 heavy (non-hydrogen) atoms. The van der Waals surface area contributed by atoms with Gasteiger partial charge in [-0.05, 0) is 56.0 Å². The van der Waals surface area contributed by atoms with Crippen LogP contribution < -0.4 is 9.64 Å². The zero-order chi connectivity index (χ0) is 20.4. The molecule has 0 aliphatic carbocycles. The number of hydrogen-bond acceptors (Lipinski definition) is 5. The molecule has 1 aliphatic rings. The minimum atomic E-state index is 0.0540. The molecular weight excluding hydrogens is 384 g/mol. The Morgan fingerprint density at radius 3 is 2.72 bits per heavy atom. The van der Waals surface area contributed by atoms with Gasteiger partial charge in [-0.15, -0.1) is 10.2 Å². The number of amides is 1. The number of anilines is 1. The number of aryl methyl sites for hydroxylation is 2. The Balaban J connectivity index is 1.54. The highest BCUT2D eigenvalue weighted by Crippen LogP contribution is 2.38. The molecule has 0 fully saturated rings. The number of fused-ring (bicyclic) bond motifs is 1. The second-order valence-corrected chi connectivity index (χ2v) is 8.11. The van der Waals surface area contributed by atoms with Crippen LogP contribution in [0.3, 0.4) is 0 Å². The molecule has 2 heterocycles. The third kappa shape index (κ3) is 3.87. The van der Waals surface area contributed by atoms with Gasteiger partial charge in [0.25, 0.3) is 0 Å². The highest BCUT2D eigenvalue weighted by molar-refractivity contribution is 7.99. The largest absolute Gasteiger partial charge is 0.495 e. The van der Waals surface area contributed by atoms with Crippen molar-refractivity contribution in [2.75, 3.05) is 24.3 Å². The molecule has 0 N–H and O–H groups in total. The van der Waals surface area contributed by atoms with E-state index in [1.807, 2.05) is 39.8 Å². The lowest BCUT2D eigenvalue weighted by atomic mass is 9.96. The summed E-state index contributed by atoms with van der Waals surface area (Å²) >= 11 is 1.40. The lowest BCUT2D eigenvalue weighted by Crippen LogP contribution is -2.37. The van der Waals surface area contributed by atoms with Crippen LogP contribution in [0.25, 0.3) is 5.69 Å². The molecule has 1 aliphatic heterocycles. The van der Waals surface area contributed by atoms with Gasteiger partial charge in [0.05, 0.1) is 18.6 Å². The van der Waals surface area contributed by atoms with Gasteiger partial charge in [0.1, 0.15) is 12.1 Å². The first-order chi connectivity index (χ1) is 14.1. The van der Waals surface area contributed by atoms with Crippen LogP contribution in [0.5, 0.6) is 5.75 Å². The third-order valence-corrected chi connectivity index (χ3v) is 6.16. The predicted molar refractivity (Wildman–Crippen MR) is 115 cm³/mol. The van der Waals surface area contributed by atoms with Gasteiger partial charge in [-0.25, -0.2) is 0 Å². The summed E-state index contributed by atoms with van der Waals surface area (Å²) in [7, 11) is 1.65. The van der Waals surface area contributed by atoms with Crippen LogP contribution in [-0.2, 0) is 11.2 Å². The summed E-state index contributed by atoms with van der Waals surface area (Å²) in [6, 6.07) is 12.2. The van der Waals surface area contributed by atoms with Gasteiger partial charge in [-0.2, -0.15) is 0 Å². The lowest BCUT2D eigenvalue weighted by molar-refractivity contribution is -0.116. The highest BCUT2D eigenvalue weighted by atomic mass is 32.2. The molecule has 0 unspecified atom stereocenters. The number of benzene rings is 2. The highest BCUT2D eigenvalue weighted by Gasteiger charge is 2.27. The molecule has 0 spiro atoms. The van der Waals surface area contributed by atoms with E-state index in [2.05, 4.69) is 30.1 Å². The summed E-state index contributed by atoms with van der Waals surface area (Å²) in [4.78, 5) is 15.0. The Hall–Kier alpha value is -2.80. The van der Waals surface area contributed by atoms with Crippen LogP contribution in [0, 0.1) is 13.8 Å². The molecule has 1 amide bonds. The number of carbonyl (C=O) groups excluding carboxylic acids is 1. The van der Waals surface area contributed by atoms with Crippen molar-refractivity contribution in [2.45, 2.75) is 31.8 Å². The molecule has 150 valence electrons. The first-order valence-corrected chi connectivity index (χ1v) is 10.6. The summed E-state index contributed by atoms with van der Waals surface area (Å²) in [6.07, 6.45) is 3.61. The number of hydrogen-bond donors (Lipinski definition) is 0. The third-order valence-electron chi connectivity index (χ3n) is 5.23. The number of methoxy groups -OCH3 is 1. The maximum absolute atomic E-state index is 13.1. The van der Waals surface area contributed by atoms with Gasteiger partial charge >= 0.3 is 0 Å². The van der Waals surface area contributed by atoms with E-state index in [0.717, 1.165) is 30.0 Å². The number of aromatic nitrogens is 3. The molecule has 0 atom stereocenters. The Bertz CT molecular complexity index is 1030. The molecule has 4 rings (SSSR count). The van der Waals surface area contributed by atoms with Crippen molar-refractivity contribution >= 4 is 23.4 Å². The van der Waals surface area contributed by atoms with Crippen LogP contribution in [-0.4, -0.2) is 40.1 Å². The molecule has 7 heteroatoms. The summed E-state index contributed by atoms with van der Waals surface area (Å²) in [5, 5.41) is 8.94. The fourth-order valence-electron chi connectivity index (χ4n) is 3.68. The molecule has 0 bridgehead atoms. The lowest BCUT2D eigenvalue weighted by Gasteiger charge is -2.32. The first-order valence-electron chi connectivity index (χ1n) is 9.65. The van der Waals surface area contributed by atoms with Crippen molar-refractivity contribution in [2.24, 2.45) is 0 Å².